The summed E-state index contributed by atoms with van der Waals surface area (Å²) in [7, 11) is 0. The molecule has 2 aliphatic heterocycles. The zero-order valence-corrected chi connectivity index (χ0v) is 16.9. The molecule has 2 atom stereocenters. The first-order valence-electron chi connectivity index (χ1n) is 10.8. The summed E-state index contributed by atoms with van der Waals surface area (Å²) in [4.78, 5) is 20.1. The van der Waals surface area contributed by atoms with Gasteiger partial charge in [-0.3, -0.25) is 9.78 Å². The third-order valence-electron chi connectivity index (χ3n) is 6.41. The fraction of sp³-hybridized carbons (Fsp3) is 0.308. The summed E-state index contributed by atoms with van der Waals surface area (Å²) in [6.45, 7) is 0. The molecule has 3 heterocycles. The largest absolute Gasteiger partial charge is 0.490 e. The van der Waals surface area contributed by atoms with E-state index >= 15 is 0 Å². The maximum absolute atomic E-state index is 13.9. The van der Waals surface area contributed by atoms with Crippen LogP contribution in [0.2, 0.25) is 0 Å². The number of benzene rings is 2. The molecule has 3 aromatic rings. The van der Waals surface area contributed by atoms with Gasteiger partial charge >= 0.3 is 0 Å². The second-order valence-corrected chi connectivity index (χ2v) is 8.28. The number of pyridine rings is 1. The monoisotopic (exact) mass is 398 g/mol. The molecule has 1 amide bonds. The first-order chi connectivity index (χ1) is 14.8. The molecular formula is C26H26N2O2. The van der Waals surface area contributed by atoms with Crippen LogP contribution in [0.25, 0.3) is 0 Å². The molecule has 0 spiro atoms. The van der Waals surface area contributed by atoms with Crippen LogP contribution in [0.3, 0.4) is 0 Å². The summed E-state index contributed by atoms with van der Waals surface area (Å²) in [6.07, 6.45) is 7.56. The van der Waals surface area contributed by atoms with Crippen LogP contribution < -0.4 is 4.74 Å². The molecule has 0 aliphatic carbocycles. The summed E-state index contributed by atoms with van der Waals surface area (Å²) >= 11 is 0. The topological polar surface area (TPSA) is 42.4 Å². The third-order valence-corrected chi connectivity index (χ3v) is 6.41. The van der Waals surface area contributed by atoms with Gasteiger partial charge in [0, 0.05) is 37.3 Å². The number of hydrogen-bond donors (Lipinski definition) is 0. The molecule has 2 aromatic carbocycles. The molecule has 2 aliphatic rings. The van der Waals surface area contributed by atoms with E-state index < -0.39 is 0 Å². The highest BCUT2D eigenvalue weighted by Crippen LogP contribution is 2.40. The van der Waals surface area contributed by atoms with Crippen LogP contribution >= 0.6 is 0 Å². The Hall–Kier alpha value is -3.14. The van der Waals surface area contributed by atoms with Crippen molar-refractivity contribution in [3.8, 4) is 5.75 Å². The number of ether oxygens (including phenoxy) is 1. The number of aromatic nitrogens is 1. The normalized spacial score (nSPS) is 22.8. The molecule has 0 saturated carbocycles. The van der Waals surface area contributed by atoms with Gasteiger partial charge in [-0.1, -0.05) is 60.7 Å². The van der Waals surface area contributed by atoms with E-state index in [2.05, 4.69) is 34.1 Å². The van der Waals surface area contributed by atoms with Crippen LogP contribution in [0.1, 0.15) is 42.7 Å². The lowest BCUT2D eigenvalue weighted by atomic mass is 9.88. The Morgan fingerprint density at radius 2 is 1.37 bits per heavy atom. The number of hydrogen-bond acceptors (Lipinski definition) is 3. The Balaban J connectivity index is 1.39. The van der Waals surface area contributed by atoms with E-state index in [1.54, 1.807) is 12.4 Å². The van der Waals surface area contributed by atoms with E-state index in [4.69, 9.17) is 4.74 Å². The minimum Gasteiger partial charge on any atom is -0.490 e. The Labute approximate surface area is 177 Å². The van der Waals surface area contributed by atoms with Crippen molar-refractivity contribution in [2.24, 2.45) is 0 Å². The van der Waals surface area contributed by atoms with Gasteiger partial charge < -0.3 is 9.64 Å². The molecule has 2 saturated heterocycles. The zero-order chi connectivity index (χ0) is 20.3. The molecule has 2 bridgehead atoms. The highest BCUT2D eigenvalue weighted by molar-refractivity contribution is 5.88. The van der Waals surface area contributed by atoms with Gasteiger partial charge in [-0.25, -0.2) is 0 Å². The van der Waals surface area contributed by atoms with E-state index in [0.717, 1.165) is 42.6 Å². The lowest BCUT2D eigenvalue weighted by Gasteiger charge is -2.40. The number of piperidine rings is 1. The minimum absolute atomic E-state index is 0.154. The molecule has 0 radical (unpaired) electrons. The van der Waals surface area contributed by atoms with Crippen LogP contribution in [-0.4, -0.2) is 34.0 Å². The average Bonchev–Trinajstić information content (AvgIpc) is 3.06. The fourth-order valence-corrected chi connectivity index (χ4v) is 5.11. The number of amides is 1. The number of nitrogens with zero attached hydrogens (tertiary/aromatic N) is 2. The van der Waals surface area contributed by atoms with Crippen molar-refractivity contribution < 1.29 is 9.53 Å². The van der Waals surface area contributed by atoms with E-state index in [1.807, 2.05) is 48.5 Å². The Morgan fingerprint density at radius 3 is 1.90 bits per heavy atom. The lowest BCUT2D eigenvalue weighted by Crippen LogP contribution is -2.50. The standard InChI is InChI=1S/C26H26N2O2/c29-26(25(19-7-3-1-4-8-19)20-9-5-2-6-10-20)28-21-11-12-22(28)18-24(17-21)30-23-13-15-27-16-14-23/h1-10,13-16,21-22,24-25H,11-12,17-18H2/t21-,22-/m0/s1. The molecule has 30 heavy (non-hydrogen) atoms. The smallest absolute Gasteiger partial charge is 0.235 e. The van der Waals surface area contributed by atoms with E-state index in [1.165, 1.54) is 0 Å². The SMILES string of the molecule is O=C(C(c1ccccc1)c1ccccc1)N1[C@H]2CC[C@H]1CC(Oc1ccncc1)C2. The van der Waals surface area contributed by atoms with Crippen molar-refractivity contribution in [2.75, 3.05) is 0 Å². The van der Waals surface area contributed by atoms with Crippen molar-refractivity contribution in [3.05, 3.63) is 96.3 Å². The number of carbonyl (C=O) groups excluding carboxylic acids is 1. The van der Waals surface area contributed by atoms with Gasteiger partial charge in [0.25, 0.3) is 0 Å². The van der Waals surface area contributed by atoms with Crippen LogP contribution in [0.15, 0.2) is 85.2 Å². The van der Waals surface area contributed by atoms with Gasteiger partial charge in [-0.05, 0) is 36.1 Å². The zero-order valence-electron chi connectivity index (χ0n) is 16.9. The summed E-state index contributed by atoms with van der Waals surface area (Å²) in [6, 6.07) is 24.6. The predicted molar refractivity (Wildman–Crippen MR) is 116 cm³/mol. The number of fused-ring (bicyclic) bond motifs is 2. The quantitative estimate of drug-likeness (QED) is 0.619. The van der Waals surface area contributed by atoms with Gasteiger partial charge in [0.2, 0.25) is 5.91 Å². The summed E-state index contributed by atoms with van der Waals surface area (Å²) < 4.78 is 6.22. The predicted octanol–water partition coefficient (Wildman–Crippen LogP) is 4.81. The molecule has 152 valence electrons. The van der Waals surface area contributed by atoms with E-state index in [9.17, 15) is 4.79 Å². The molecule has 0 unspecified atom stereocenters. The molecule has 2 fully saturated rings. The Bertz CT molecular complexity index is 924. The highest BCUT2D eigenvalue weighted by Gasteiger charge is 2.46. The summed E-state index contributed by atoms with van der Waals surface area (Å²) in [5, 5.41) is 0. The van der Waals surface area contributed by atoms with Gasteiger partial charge in [-0.15, -0.1) is 0 Å². The van der Waals surface area contributed by atoms with E-state index in [0.29, 0.717) is 0 Å². The van der Waals surface area contributed by atoms with Crippen LogP contribution in [-0.2, 0) is 4.79 Å². The minimum atomic E-state index is -0.256. The van der Waals surface area contributed by atoms with Crippen molar-refractivity contribution in [3.63, 3.8) is 0 Å². The molecule has 4 heteroatoms. The maximum atomic E-state index is 13.9. The number of rotatable bonds is 5. The maximum Gasteiger partial charge on any atom is 0.235 e. The first kappa shape index (κ1) is 18.9. The summed E-state index contributed by atoms with van der Waals surface area (Å²) in [5.41, 5.74) is 2.12. The lowest BCUT2D eigenvalue weighted by molar-refractivity contribution is -0.137. The Kier molecular flexibility index (Phi) is 5.22. The fourth-order valence-electron chi connectivity index (χ4n) is 5.11. The van der Waals surface area contributed by atoms with Crippen LogP contribution in [0, 0.1) is 0 Å². The average molecular weight is 399 g/mol. The molecule has 5 rings (SSSR count). The highest BCUT2D eigenvalue weighted by atomic mass is 16.5. The van der Waals surface area contributed by atoms with Gasteiger partial charge in [-0.2, -0.15) is 0 Å². The molecule has 4 nitrogen and oxygen atoms in total. The van der Waals surface area contributed by atoms with Crippen molar-refractivity contribution in [1.29, 1.82) is 0 Å². The van der Waals surface area contributed by atoms with Crippen LogP contribution in [0.4, 0.5) is 0 Å². The summed E-state index contributed by atoms with van der Waals surface area (Å²) in [5.74, 6) is 0.830. The number of carbonyl (C=O) groups is 1. The van der Waals surface area contributed by atoms with Crippen molar-refractivity contribution in [1.82, 2.24) is 9.88 Å². The molecule has 1 aromatic heterocycles. The van der Waals surface area contributed by atoms with E-state index in [-0.39, 0.29) is 30.0 Å². The molecular weight excluding hydrogens is 372 g/mol. The van der Waals surface area contributed by atoms with Crippen molar-refractivity contribution >= 4 is 5.91 Å². The van der Waals surface area contributed by atoms with Crippen LogP contribution in [0.5, 0.6) is 5.75 Å². The van der Waals surface area contributed by atoms with Gasteiger partial charge in [0.05, 0.1) is 5.92 Å². The first-order valence-corrected chi connectivity index (χ1v) is 10.8. The molecule has 0 N–H and O–H groups in total. The second kappa shape index (κ2) is 8.31. The second-order valence-electron chi connectivity index (χ2n) is 8.28. The Morgan fingerprint density at radius 1 is 0.833 bits per heavy atom. The third kappa shape index (κ3) is 3.70. The van der Waals surface area contributed by atoms with Gasteiger partial charge in [0.15, 0.2) is 0 Å². The van der Waals surface area contributed by atoms with Crippen molar-refractivity contribution in [2.45, 2.75) is 49.8 Å². The van der Waals surface area contributed by atoms with Gasteiger partial charge in [0.1, 0.15) is 11.9 Å².